The fourth-order valence-corrected chi connectivity index (χ4v) is 1.46. The van der Waals surface area contributed by atoms with Crippen LogP contribution in [0.1, 0.15) is 38.8 Å². The summed E-state index contributed by atoms with van der Waals surface area (Å²) in [5.74, 6) is 0.873. The molecular weight excluding hydrogens is 214 g/mol. The summed E-state index contributed by atoms with van der Waals surface area (Å²) in [5, 5.41) is 13.3. The number of hydrogen-bond donors (Lipinski definition) is 3. The maximum atomic E-state index is 4.48. The smallest absolute Gasteiger partial charge is 0.191 e. The highest BCUT2D eigenvalue weighted by atomic mass is 15.2. The van der Waals surface area contributed by atoms with Crippen molar-refractivity contribution in [2.45, 2.75) is 39.7 Å². The van der Waals surface area contributed by atoms with Crippen LogP contribution in [0.4, 0.5) is 0 Å². The van der Waals surface area contributed by atoms with Gasteiger partial charge in [0.2, 0.25) is 0 Å². The first-order valence-corrected chi connectivity index (χ1v) is 6.37. The zero-order valence-electron chi connectivity index (χ0n) is 10.8. The molecule has 0 aliphatic carbocycles. The van der Waals surface area contributed by atoms with Gasteiger partial charge in [0.05, 0.1) is 12.2 Å². The predicted octanol–water partition coefficient (Wildman–Crippen LogP) is 1.65. The summed E-state index contributed by atoms with van der Waals surface area (Å²) in [4.78, 5) is 4.48. The van der Waals surface area contributed by atoms with E-state index in [0.29, 0.717) is 6.54 Å². The Balaban J connectivity index is 2.33. The van der Waals surface area contributed by atoms with Gasteiger partial charge in [0.25, 0.3) is 0 Å². The normalized spacial score (nSPS) is 11.5. The van der Waals surface area contributed by atoms with Gasteiger partial charge in [-0.1, -0.05) is 19.8 Å². The molecule has 1 heterocycles. The van der Waals surface area contributed by atoms with E-state index in [4.69, 9.17) is 0 Å². The Bertz CT molecular complexity index is 305. The van der Waals surface area contributed by atoms with Crippen molar-refractivity contribution >= 4 is 5.96 Å². The van der Waals surface area contributed by atoms with Crippen LogP contribution in [0.25, 0.3) is 0 Å². The monoisotopic (exact) mass is 237 g/mol. The summed E-state index contributed by atoms with van der Waals surface area (Å²) < 4.78 is 0. The molecule has 1 aromatic rings. The molecule has 1 aromatic heterocycles. The van der Waals surface area contributed by atoms with Crippen LogP contribution in [0.15, 0.2) is 17.3 Å². The minimum absolute atomic E-state index is 0.628. The van der Waals surface area contributed by atoms with Gasteiger partial charge >= 0.3 is 0 Å². The Hall–Kier alpha value is -1.52. The molecule has 0 amide bonds. The minimum Gasteiger partial charge on any atom is -0.357 e. The summed E-state index contributed by atoms with van der Waals surface area (Å²) in [6, 6.07) is 1.93. The Morgan fingerprint density at radius 1 is 1.35 bits per heavy atom. The number of nitrogens with one attached hydrogen (secondary N) is 3. The van der Waals surface area contributed by atoms with Crippen LogP contribution in [0.3, 0.4) is 0 Å². The molecule has 0 unspecified atom stereocenters. The number of H-pyrrole nitrogens is 1. The Morgan fingerprint density at radius 3 is 2.88 bits per heavy atom. The molecule has 0 spiro atoms. The number of aliphatic imine (C=N–C) groups is 1. The third-order valence-electron chi connectivity index (χ3n) is 2.38. The Kier molecular flexibility index (Phi) is 6.86. The third kappa shape index (κ3) is 5.94. The van der Waals surface area contributed by atoms with Crippen LogP contribution in [0.2, 0.25) is 0 Å². The van der Waals surface area contributed by atoms with Gasteiger partial charge in [-0.15, -0.1) is 0 Å². The standard InChI is InChI=1S/C12H23N5/c1-3-5-6-8-14-12(13-4-2)15-10-11-7-9-16-17-11/h7,9H,3-6,8,10H2,1-2H3,(H,16,17)(H2,13,14,15). The molecule has 0 saturated heterocycles. The number of aromatic nitrogens is 2. The topological polar surface area (TPSA) is 65.1 Å². The van der Waals surface area contributed by atoms with E-state index in [1.54, 1.807) is 6.20 Å². The molecule has 0 saturated carbocycles. The third-order valence-corrected chi connectivity index (χ3v) is 2.38. The van der Waals surface area contributed by atoms with Gasteiger partial charge in [-0.05, 0) is 19.4 Å². The van der Waals surface area contributed by atoms with E-state index in [1.165, 1.54) is 19.3 Å². The molecule has 0 aliphatic rings. The van der Waals surface area contributed by atoms with Gasteiger partial charge in [0.1, 0.15) is 0 Å². The summed E-state index contributed by atoms with van der Waals surface area (Å²) in [6.45, 7) is 6.76. The van der Waals surface area contributed by atoms with E-state index in [0.717, 1.165) is 24.7 Å². The van der Waals surface area contributed by atoms with Crippen molar-refractivity contribution in [3.05, 3.63) is 18.0 Å². The lowest BCUT2D eigenvalue weighted by atomic mass is 10.2. The molecule has 0 aliphatic heterocycles. The summed E-state index contributed by atoms with van der Waals surface area (Å²) in [6.07, 6.45) is 5.42. The predicted molar refractivity (Wildman–Crippen MR) is 70.9 cm³/mol. The number of hydrogen-bond acceptors (Lipinski definition) is 2. The molecule has 1 rings (SSSR count). The maximum absolute atomic E-state index is 4.48. The van der Waals surface area contributed by atoms with E-state index in [-0.39, 0.29) is 0 Å². The highest BCUT2D eigenvalue weighted by molar-refractivity contribution is 5.79. The van der Waals surface area contributed by atoms with E-state index < -0.39 is 0 Å². The highest BCUT2D eigenvalue weighted by Crippen LogP contribution is 1.94. The number of nitrogens with zero attached hydrogens (tertiary/aromatic N) is 2. The lowest BCUT2D eigenvalue weighted by Gasteiger charge is -2.10. The molecular formula is C12H23N5. The number of aromatic amines is 1. The molecule has 0 atom stereocenters. The highest BCUT2D eigenvalue weighted by Gasteiger charge is 1.97. The van der Waals surface area contributed by atoms with Gasteiger partial charge in [-0.25, -0.2) is 4.99 Å². The van der Waals surface area contributed by atoms with Crippen molar-refractivity contribution in [2.24, 2.45) is 4.99 Å². The van der Waals surface area contributed by atoms with Crippen LogP contribution in [0.5, 0.6) is 0 Å². The second kappa shape index (κ2) is 8.61. The van der Waals surface area contributed by atoms with Gasteiger partial charge in [0.15, 0.2) is 5.96 Å². The molecule has 3 N–H and O–H groups in total. The summed E-state index contributed by atoms with van der Waals surface area (Å²) in [7, 11) is 0. The van der Waals surface area contributed by atoms with Crippen molar-refractivity contribution in [2.75, 3.05) is 13.1 Å². The van der Waals surface area contributed by atoms with Gasteiger partial charge in [-0.3, -0.25) is 5.10 Å². The van der Waals surface area contributed by atoms with Crippen molar-refractivity contribution in [1.82, 2.24) is 20.8 Å². The molecule has 5 heteroatoms. The number of guanidine groups is 1. The lowest BCUT2D eigenvalue weighted by molar-refractivity contribution is 0.683. The van der Waals surface area contributed by atoms with E-state index in [9.17, 15) is 0 Å². The molecule has 0 bridgehead atoms. The number of unbranched alkanes of at least 4 members (excludes halogenated alkanes) is 2. The van der Waals surface area contributed by atoms with Crippen molar-refractivity contribution < 1.29 is 0 Å². The first-order valence-electron chi connectivity index (χ1n) is 6.37. The van der Waals surface area contributed by atoms with Crippen molar-refractivity contribution in [3.63, 3.8) is 0 Å². The second-order valence-electron chi connectivity index (χ2n) is 3.91. The van der Waals surface area contributed by atoms with E-state index in [1.807, 2.05) is 6.07 Å². The minimum atomic E-state index is 0.628. The van der Waals surface area contributed by atoms with Crippen LogP contribution in [-0.2, 0) is 6.54 Å². The average Bonchev–Trinajstić information content (AvgIpc) is 2.84. The quantitative estimate of drug-likeness (QED) is 0.384. The Labute approximate surface area is 103 Å². The maximum Gasteiger partial charge on any atom is 0.191 e. The van der Waals surface area contributed by atoms with Crippen LogP contribution >= 0.6 is 0 Å². The summed E-state index contributed by atoms with van der Waals surface area (Å²) in [5.41, 5.74) is 1.02. The van der Waals surface area contributed by atoms with Gasteiger partial charge in [0, 0.05) is 19.3 Å². The molecule has 5 nitrogen and oxygen atoms in total. The van der Waals surface area contributed by atoms with Gasteiger partial charge < -0.3 is 10.6 Å². The fourth-order valence-electron chi connectivity index (χ4n) is 1.46. The first-order chi connectivity index (χ1) is 8.36. The molecule has 0 aromatic carbocycles. The van der Waals surface area contributed by atoms with Crippen LogP contribution < -0.4 is 10.6 Å². The van der Waals surface area contributed by atoms with Gasteiger partial charge in [-0.2, -0.15) is 5.10 Å². The largest absolute Gasteiger partial charge is 0.357 e. The molecule has 0 fully saturated rings. The number of rotatable bonds is 7. The first kappa shape index (κ1) is 13.5. The second-order valence-corrected chi connectivity index (χ2v) is 3.91. The molecule has 96 valence electrons. The van der Waals surface area contributed by atoms with E-state index >= 15 is 0 Å². The zero-order valence-corrected chi connectivity index (χ0v) is 10.8. The lowest BCUT2D eigenvalue weighted by Crippen LogP contribution is -2.37. The Morgan fingerprint density at radius 2 is 2.24 bits per heavy atom. The van der Waals surface area contributed by atoms with Crippen LogP contribution in [0, 0.1) is 0 Å². The van der Waals surface area contributed by atoms with Crippen molar-refractivity contribution in [1.29, 1.82) is 0 Å². The zero-order chi connectivity index (χ0) is 12.3. The van der Waals surface area contributed by atoms with Crippen LogP contribution in [-0.4, -0.2) is 29.2 Å². The fraction of sp³-hybridized carbons (Fsp3) is 0.667. The average molecular weight is 237 g/mol. The SMILES string of the molecule is CCCCCNC(=NCc1ccn[nH]1)NCC. The van der Waals surface area contributed by atoms with E-state index in [2.05, 4.69) is 39.7 Å². The molecule has 0 radical (unpaired) electrons. The van der Waals surface area contributed by atoms with Crippen molar-refractivity contribution in [3.8, 4) is 0 Å². The molecule has 17 heavy (non-hydrogen) atoms. The summed E-state index contributed by atoms with van der Waals surface area (Å²) >= 11 is 0.